The van der Waals surface area contributed by atoms with Gasteiger partial charge in [-0.15, -0.1) is 0 Å². The third kappa shape index (κ3) is 3.55. The van der Waals surface area contributed by atoms with Crippen molar-refractivity contribution in [3.8, 4) is 5.75 Å². The van der Waals surface area contributed by atoms with E-state index in [1.54, 1.807) is 6.07 Å². The normalized spacial score (nSPS) is 23.4. The highest BCUT2D eigenvalue weighted by Gasteiger charge is 2.41. The molecule has 0 bridgehead atoms. The van der Waals surface area contributed by atoms with Gasteiger partial charge in [-0.3, -0.25) is 0 Å². The van der Waals surface area contributed by atoms with Crippen LogP contribution < -0.4 is 10.1 Å². The van der Waals surface area contributed by atoms with Crippen molar-refractivity contribution in [1.82, 2.24) is 0 Å². The van der Waals surface area contributed by atoms with E-state index >= 15 is 0 Å². The van der Waals surface area contributed by atoms with Crippen molar-refractivity contribution in [3.63, 3.8) is 0 Å². The number of ether oxygens (including phenoxy) is 1. The van der Waals surface area contributed by atoms with E-state index in [9.17, 15) is 17.6 Å². The predicted molar refractivity (Wildman–Crippen MR) is 68.4 cm³/mol. The molecule has 1 saturated carbocycles. The zero-order valence-electron chi connectivity index (χ0n) is 11.1. The van der Waals surface area contributed by atoms with Gasteiger partial charge in [-0.05, 0) is 37.8 Å². The molecule has 0 spiro atoms. The van der Waals surface area contributed by atoms with Gasteiger partial charge in [0.15, 0.2) is 11.6 Å². The van der Waals surface area contributed by atoms with Crippen molar-refractivity contribution < 1.29 is 22.3 Å². The first-order valence-corrected chi connectivity index (χ1v) is 6.57. The second kappa shape index (κ2) is 5.89. The van der Waals surface area contributed by atoms with Crippen LogP contribution >= 0.6 is 0 Å². The number of halogens is 4. The van der Waals surface area contributed by atoms with Crippen LogP contribution in [0.5, 0.6) is 5.75 Å². The molecule has 2 rings (SSSR count). The lowest BCUT2D eigenvalue weighted by atomic mass is 9.85. The number of nitrogens with one attached hydrogen (secondary N) is 1. The Morgan fingerprint density at radius 2 is 1.80 bits per heavy atom. The summed E-state index contributed by atoms with van der Waals surface area (Å²) in [6.45, 7) is 0. The topological polar surface area (TPSA) is 21.3 Å². The standard InChI is InChI=1S/C14H17F4NO/c1-20-13-7-6-11(8-12(13)15)19-10-4-2-9(3-5-10)14(16,17)18/h6-10,19H,2-5H2,1H3. The van der Waals surface area contributed by atoms with Gasteiger partial charge in [-0.2, -0.15) is 13.2 Å². The molecule has 0 aliphatic heterocycles. The van der Waals surface area contributed by atoms with E-state index in [0.29, 0.717) is 18.5 Å². The molecule has 1 N–H and O–H groups in total. The lowest BCUT2D eigenvalue weighted by molar-refractivity contribution is -0.182. The van der Waals surface area contributed by atoms with Crippen molar-refractivity contribution in [2.24, 2.45) is 5.92 Å². The smallest absolute Gasteiger partial charge is 0.391 e. The van der Waals surface area contributed by atoms with Gasteiger partial charge in [0.25, 0.3) is 0 Å². The lowest BCUT2D eigenvalue weighted by Gasteiger charge is -2.30. The molecule has 0 unspecified atom stereocenters. The van der Waals surface area contributed by atoms with Crippen molar-refractivity contribution in [2.45, 2.75) is 37.9 Å². The largest absolute Gasteiger partial charge is 0.494 e. The molecule has 2 nitrogen and oxygen atoms in total. The van der Waals surface area contributed by atoms with Crippen molar-refractivity contribution in [3.05, 3.63) is 24.0 Å². The molecule has 0 heterocycles. The van der Waals surface area contributed by atoms with Gasteiger partial charge < -0.3 is 10.1 Å². The molecule has 1 aliphatic rings. The zero-order chi connectivity index (χ0) is 14.8. The van der Waals surface area contributed by atoms with Crippen LogP contribution in [0.15, 0.2) is 18.2 Å². The van der Waals surface area contributed by atoms with Crippen LogP contribution in [-0.4, -0.2) is 19.3 Å². The molecule has 1 aliphatic carbocycles. The molecule has 20 heavy (non-hydrogen) atoms. The highest BCUT2D eigenvalue weighted by Crippen LogP contribution is 2.38. The fourth-order valence-electron chi connectivity index (χ4n) is 2.56. The third-order valence-corrected chi connectivity index (χ3v) is 3.71. The Bertz CT molecular complexity index is 453. The highest BCUT2D eigenvalue weighted by atomic mass is 19.4. The molecular formula is C14H17F4NO. The van der Waals surface area contributed by atoms with Gasteiger partial charge in [-0.1, -0.05) is 0 Å². The first-order valence-electron chi connectivity index (χ1n) is 6.57. The van der Waals surface area contributed by atoms with E-state index in [1.165, 1.54) is 19.2 Å². The minimum Gasteiger partial charge on any atom is -0.494 e. The van der Waals surface area contributed by atoms with Gasteiger partial charge in [0, 0.05) is 17.8 Å². The van der Waals surface area contributed by atoms with Crippen molar-refractivity contribution in [2.75, 3.05) is 12.4 Å². The molecule has 1 fully saturated rings. The molecular weight excluding hydrogens is 274 g/mol. The van der Waals surface area contributed by atoms with Crippen LogP contribution in [0.25, 0.3) is 0 Å². The minimum atomic E-state index is -4.10. The van der Waals surface area contributed by atoms with E-state index in [4.69, 9.17) is 4.74 Å². The molecule has 112 valence electrons. The summed E-state index contributed by atoms with van der Waals surface area (Å²) in [4.78, 5) is 0. The van der Waals surface area contributed by atoms with Crippen LogP contribution in [0.2, 0.25) is 0 Å². The summed E-state index contributed by atoms with van der Waals surface area (Å²) >= 11 is 0. The Morgan fingerprint density at radius 1 is 1.15 bits per heavy atom. The number of hydrogen-bond acceptors (Lipinski definition) is 2. The van der Waals surface area contributed by atoms with E-state index < -0.39 is 17.9 Å². The summed E-state index contributed by atoms with van der Waals surface area (Å²) in [6, 6.07) is 4.42. The molecule has 0 atom stereocenters. The maximum absolute atomic E-state index is 13.5. The first-order chi connectivity index (χ1) is 9.40. The third-order valence-electron chi connectivity index (χ3n) is 3.71. The zero-order valence-corrected chi connectivity index (χ0v) is 11.1. The molecule has 6 heteroatoms. The van der Waals surface area contributed by atoms with E-state index in [0.717, 1.165) is 0 Å². The Balaban J connectivity index is 1.91. The SMILES string of the molecule is COc1ccc(NC2CCC(C(F)(F)F)CC2)cc1F. The molecule has 1 aromatic carbocycles. The molecule has 0 aromatic heterocycles. The Kier molecular flexibility index (Phi) is 4.40. The summed E-state index contributed by atoms with van der Waals surface area (Å²) in [5.41, 5.74) is 0.568. The maximum Gasteiger partial charge on any atom is 0.391 e. The maximum atomic E-state index is 13.5. The Morgan fingerprint density at radius 3 is 2.30 bits per heavy atom. The number of rotatable bonds is 3. The van der Waals surface area contributed by atoms with Crippen LogP contribution in [0.4, 0.5) is 23.2 Å². The average molecular weight is 291 g/mol. The van der Waals surface area contributed by atoms with Gasteiger partial charge in [0.05, 0.1) is 13.0 Å². The molecule has 0 radical (unpaired) electrons. The molecule has 0 amide bonds. The number of alkyl halides is 3. The fraction of sp³-hybridized carbons (Fsp3) is 0.571. The van der Waals surface area contributed by atoms with Crippen LogP contribution in [0.1, 0.15) is 25.7 Å². The monoisotopic (exact) mass is 291 g/mol. The summed E-state index contributed by atoms with van der Waals surface area (Å²) in [6.07, 6.45) is -2.97. The van der Waals surface area contributed by atoms with E-state index in [1.807, 2.05) is 0 Å². The van der Waals surface area contributed by atoms with Crippen LogP contribution in [0, 0.1) is 11.7 Å². The van der Waals surface area contributed by atoms with Crippen LogP contribution in [-0.2, 0) is 0 Å². The summed E-state index contributed by atoms with van der Waals surface area (Å²) in [5, 5.41) is 3.08. The predicted octanol–water partition coefficient (Wildman–Crippen LogP) is 4.37. The second-order valence-corrected chi connectivity index (χ2v) is 5.08. The Hall–Kier alpha value is -1.46. The van der Waals surface area contributed by atoms with Gasteiger partial charge in [-0.25, -0.2) is 4.39 Å². The fourth-order valence-corrected chi connectivity index (χ4v) is 2.56. The summed E-state index contributed by atoms with van der Waals surface area (Å²) < 4.78 is 56.0. The number of benzene rings is 1. The second-order valence-electron chi connectivity index (χ2n) is 5.08. The van der Waals surface area contributed by atoms with Gasteiger partial charge in [0.2, 0.25) is 0 Å². The quantitative estimate of drug-likeness (QED) is 0.835. The first kappa shape index (κ1) is 14.9. The summed E-state index contributed by atoms with van der Waals surface area (Å²) in [5.74, 6) is -1.54. The number of methoxy groups -OCH3 is 1. The number of hydrogen-bond donors (Lipinski definition) is 1. The number of anilines is 1. The van der Waals surface area contributed by atoms with Gasteiger partial charge >= 0.3 is 6.18 Å². The molecule has 1 aromatic rings. The lowest BCUT2D eigenvalue weighted by Crippen LogP contribution is -2.32. The minimum absolute atomic E-state index is 0.0404. The summed E-state index contributed by atoms with van der Waals surface area (Å²) in [7, 11) is 1.38. The average Bonchev–Trinajstić information content (AvgIpc) is 2.38. The van der Waals surface area contributed by atoms with E-state index in [-0.39, 0.29) is 24.6 Å². The Labute approximate surface area is 115 Å². The molecule has 0 saturated heterocycles. The van der Waals surface area contributed by atoms with E-state index in [2.05, 4.69) is 5.32 Å². The van der Waals surface area contributed by atoms with Crippen LogP contribution in [0.3, 0.4) is 0 Å². The van der Waals surface area contributed by atoms with Gasteiger partial charge in [0.1, 0.15) is 0 Å². The van der Waals surface area contributed by atoms with Crippen molar-refractivity contribution >= 4 is 5.69 Å². The van der Waals surface area contributed by atoms with Crippen molar-refractivity contribution in [1.29, 1.82) is 0 Å². The highest BCUT2D eigenvalue weighted by molar-refractivity contribution is 5.48.